The highest BCUT2D eigenvalue weighted by atomic mass is 32.1. The first kappa shape index (κ1) is 18.3. The SMILES string of the molecule is CCCC(=O)Nc1ccc(-c2nc(C(C#N)=C3CCCC3)sc2C)cc1. The topological polar surface area (TPSA) is 65.8 Å². The quantitative estimate of drug-likeness (QED) is 0.690. The molecular weight excluding hydrogens is 342 g/mol. The third-order valence-electron chi connectivity index (χ3n) is 4.60. The standard InChI is InChI=1S/C21H23N3OS/c1-3-6-19(25)23-17-11-9-16(10-12-17)20-14(2)26-21(24-20)18(13-22)15-7-4-5-8-15/h9-12H,3-8H2,1-2H3,(H,23,25). The molecule has 0 atom stereocenters. The molecule has 0 bridgehead atoms. The van der Waals surface area contributed by atoms with Gasteiger partial charge in [0.05, 0.1) is 11.3 Å². The van der Waals surface area contributed by atoms with Gasteiger partial charge >= 0.3 is 0 Å². The molecule has 1 fully saturated rings. The number of allylic oxidation sites excluding steroid dienone is 2. The van der Waals surface area contributed by atoms with Gasteiger partial charge in [-0.05, 0) is 56.7 Å². The van der Waals surface area contributed by atoms with Crippen molar-refractivity contribution in [3.63, 3.8) is 0 Å². The largest absolute Gasteiger partial charge is 0.326 e. The number of anilines is 1. The summed E-state index contributed by atoms with van der Waals surface area (Å²) in [5.41, 5.74) is 4.74. The Morgan fingerprint density at radius 1 is 1.27 bits per heavy atom. The number of nitrogens with one attached hydrogen (secondary N) is 1. The molecule has 0 aliphatic heterocycles. The van der Waals surface area contributed by atoms with Crippen LogP contribution in [0.5, 0.6) is 0 Å². The summed E-state index contributed by atoms with van der Waals surface area (Å²) in [5.74, 6) is 0.0363. The van der Waals surface area contributed by atoms with Crippen LogP contribution in [0.15, 0.2) is 29.8 Å². The van der Waals surface area contributed by atoms with Crippen LogP contribution in [0, 0.1) is 18.3 Å². The van der Waals surface area contributed by atoms with Gasteiger partial charge in [-0.1, -0.05) is 19.1 Å². The number of carbonyl (C=O) groups is 1. The number of thiazole rings is 1. The zero-order valence-corrected chi connectivity index (χ0v) is 16.1. The predicted octanol–water partition coefficient (Wildman–Crippen LogP) is 5.71. The van der Waals surface area contributed by atoms with Gasteiger partial charge in [0, 0.05) is 22.5 Å². The number of amides is 1. The molecule has 1 heterocycles. The highest BCUT2D eigenvalue weighted by Crippen LogP contribution is 2.36. The van der Waals surface area contributed by atoms with Crippen molar-refractivity contribution in [2.24, 2.45) is 0 Å². The van der Waals surface area contributed by atoms with E-state index in [2.05, 4.69) is 11.4 Å². The Morgan fingerprint density at radius 2 is 1.96 bits per heavy atom. The number of hydrogen-bond donors (Lipinski definition) is 1. The van der Waals surface area contributed by atoms with Crippen LogP contribution in [0.25, 0.3) is 16.8 Å². The summed E-state index contributed by atoms with van der Waals surface area (Å²) in [5, 5.41) is 13.3. The zero-order chi connectivity index (χ0) is 18.5. The highest BCUT2D eigenvalue weighted by Gasteiger charge is 2.19. The summed E-state index contributed by atoms with van der Waals surface area (Å²) in [6, 6.07) is 10.1. The van der Waals surface area contributed by atoms with Crippen LogP contribution in [-0.4, -0.2) is 10.9 Å². The number of aryl methyl sites for hydroxylation is 1. The van der Waals surface area contributed by atoms with E-state index in [1.807, 2.05) is 38.1 Å². The van der Waals surface area contributed by atoms with Crippen LogP contribution in [0.2, 0.25) is 0 Å². The van der Waals surface area contributed by atoms with Gasteiger partial charge in [0.25, 0.3) is 0 Å². The summed E-state index contributed by atoms with van der Waals surface area (Å²) >= 11 is 1.59. The van der Waals surface area contributed by atoms with E-state index in [-0.39, 0.29) is 5.91 Å². The van der Waals surface area contributed by atoms with E-state index in [0.29, 0.717) is 6.42 Å². The van der Waals surface area contributed by atoms with Gasteiger partial charge in [0.2, 0.25) is 5.91 Å². The summed E-state index contributed by atoms with van der Waals surface area (Å²) < 4.78 is 0. The Morgan fingerprint density at radius 3 is 2.58 bits per heavy atom. The lowest BCUT2D eigenvalue weighted by Crippen LogP contribution is -2.10. The molecular formula is C21H23N3OS. The van der Waals surface area contributed by atoms with E-state index >= 15 is 0 Å². The van der Waals surface area contributed by atoms with Gasteiger partial charge in [-0.25, -0.2) is 4.98 Å². The Bertz CT molecular complexity index is 864. The van der Waals surface area contributed by atoms with Crippen molar-refractivity contribution >= 4 is 28.5 Å². The van der Waals surface area contributed by atoms with Gasteiger partial charge in [0.15, 0.2) is 0 Å². The predicted molar refractivity (Wildman–Crippen MR) is 107 cm³/mol. The van der Waals surface area contributed by atoms with E-state index in [1.54, 1.807) is 11.3 Å². The number of benzene rings is 1. The highest BCUT2D eigenvalue weighted by molar-refractivity contribution is 7.13. The first-order valence-corrected chi connectivity index (χ1v) is 9.94. The molecule has 0 unspecified atom stereocenters. The monoisotopic (exact) mass is 365 g/mol. The normalized spacial score (nSPS) is 13.5. The summed E-state index contributed by atoms with van der Waals surface area (Å²) in [6.45, 7) is 4.03. The van der Waals surface area contributed by atoms with Crippen LogP contribution in [-0.2, 0) is 4.79 Å². The molecule has 1 N–H and O–H groups in total. The fourth-order valence-electron chi connectivity index (χ4n) is 3.26. The molecule has 26 heavy (non-hydrogen) atoms. The molecule has 1 aliphatic rings. The smallest absolute Gasteiger partial charge is 0.224 e. The number of hydrogen-bond acceptors (Lipinski definition) is 4. The minimum Gasteiger partial charge on any atom is -0.326 e. The molecule has 1 amide bonds. The van der Waals surface area contributed by atoms with Crippen molar-refractivity contribution in [1.29, 1.82) is 5.26 Å². The third kappa shape index (κ3) is 4.03. The molecule has 134 valence electrons. The molecule has 3 rings (SSSR count). The second-order valence-corrected chi connectivity index (χ2v) is 7.80. The molecule has 1 aromatic carbocycles. The minimum atomic E-state index is 0.0363. The van der Waals surface area contributed by atoms with Crippen molar-refractivity contribution in [3.05, 3.63) is 39.7 Å². The zero-order valence-electron chi connectivity index (χ0n) is 15.3. The van der Waals surface area contributed by atoms with E-state index in [0.717, 1.165) is 51.7 Å². The van der Waals surface area contributed by atoms with Gasteiger partial charge < -0.3 is 5.32 Å². The van der Waals surface area contributed by atoms with E-state index in [9.17, 15) is 10.1 Å². The van der Waals surface area contributed by atoms with Crippen LogP contribution in [0.4, 0.5) is 5.69 Å². The number of aromatic nitrogens is 1. The van der Waals surface area contributed by atoms with Gasteiger partial charge in [-0.15, -0.1) is 11.3 Å². The molecule has 5 heteroatoms. The van der Waals surface area contributed by atoms with E-state index in [4.69, 9.17) is 4.98 Å². The first-order valence-electron chi connectivity index (χ1n) is 9.12. The number of carbonyl (C=O) groups excluding carboxylic acids is 1. The molecule has 2 aromatic rings. The third-order valence-corrected chi connectivity index (χ3v) is 5.59. The Kier molecular flexibility index (Phi) is 5.85. The average Bonchev–Trinajstić information content (AvgIpc) is 3.27. The molecule has 1 aliphatic carbocycles. The molecule has 0 radical (unpaired) electrons. The number of rotatable bonds is 5. The summed E-state index contributed by atoms with van der Waals surface area (Å²) in [4.78, 5) is 17.6. The lowest BCUT2D eigenvalue weighted by molar-refractivity contribution is -0.116. The molecule has 0 saturated heterocycles. The summed E-state index contributed by atoms with van der Waals surface area (Å²) in [7, 11) is 0. The van der Waals surface area contributed by atoms with Crippen molar-refractivity contribution in [1.82, 2.24) is 4.98 Å². The molecule has 1 saturated carbocycles. The van der Waals surface area contributed by atoms with E-state index in [1.165, 1.54) is 18.4 Å². The summed E-state index contributed by atoms with van der Waals surface area (Å²) in [6.07, 6.45) is 5.74. The fraction of sp³-hybridized carbons (Fsp3) is 0.381. The van der Waals surface area contributed by atoms with Crippen molar-refractivity contribution in [2.75, 3.05) is 5.32 Å². The van der Waals surface area contributed by atoms with Gasteiger partial charge in [0.1, 0.15) is 11.1 Å². The van der Waals surface area contributed by atoms with Gasteiger partial charge in [-0.2, -0.15) is 5.26 Å². The number of nitriles is 1. The Labute approximate surface area is 158 Å². The fourth-order valence-corrected chi connectivity index (χ4v) is 4.24. The Hall–Kier alpha value is -2.45. The lowest BCUT2D eigenvalue weighted by atomic mass is 10.1. The second kappa shape index (κ2) is 8.29. The lowest BCUT2D eigenvalue weighted by Gasteiger charge is -2.05. The average molecular weight is 366 g/mol. The van der Waals surface area contributed by atoms with Crippen LogP contribution in [0.1, 0.15) is 55.3 Å². The molecule has 4 nitrogen and oxygen atoms in total. The van der Waals surface area contributed by atoms with Crippen molar-refractivity contribution < 1.29 is 4.79 Å². The number of nitrogens with zero attached hydrogens (tertiary/aromatic N) is 2. The van der Waals surface area contributed by atoms with Crippen molar-refractivity contribution in [2.45, 2.75) is 52.4 Å². The minimum absolute atomic E-state index is 0.0363. The Balaban J connectivity index is 1.84. The molecule has 0 spiro atoms. The van der Waals surface area contributed by atoms with Crippen LogP contribution in [0.3, 0.4) is 0 Å². The molecule has 1 aromatic heterocycles. The first-order chi connectivity index (χ1) is 12.6. The van der Waals surface area contributed by atoms with Crippen LogP contribution >= 0.6 is 11.3 Å². The maximum absolute atomic E-state index is 11.7. The van der Waals surface area contributed by atoms with E-state index < -0.39 is 0 Å². The maximum Gasteiger partial charge on any atom is 0.224 e. The van der Waals surface area contributed by atoms with Crippen molar-refractivity contribution in [3.8, 4) is 17.3 Å². The van der Waals surface area contributed by atoms with Gasteiger partial charge in [-0.3, -0.25) is 4.79 Å². The van der Waals surface area contributed by atoms with Crippen LogP contribution < -0.4 is 5.32 Å². The second-order valence-electron chi connectivity index (χ2n) is 6.60. The maximum atomic E-state index is 11.7.